The largest absolute Gasteiger partial charge is 0.491 e. The van der Waals surface area contributed by atoms with Crippen LogP contribution >= 0.6 is 0 Å². The van der Waals surface area contributed by atoms with Crippen molar-refractivity contribution in [2.45, 2.75) is 50.2 Å². The summed E-state index contributed by atoms with van der Waals surface area (Å²) in [6.07, 6.45) is 5.30. The quantitative estimate of drug-likeness (QED) is 0.774. The van der Waals surface area contributed by atoms with Crippen LogP contribution in [0.15, 0.2) is 30.3 Å². The molecule has 130 valence electrons. The van der Waals surface area contributed by atoms with Gasteiger partial charge in [-0.1, -0.05) is 24.6 Å². The molecular weight excluding hydrogens is 304 g/mol. The number of hydrazine groups is 2. The van der Waals surface area contributed by atoms with Gasteiger partial charge in [-0.3, -0.25) is 4.79 Å². The number of likely N-dealkylation sites (tertiary alicyclic amines) is 1. The summed E-state index contributed by atoms with van der Waals surface area (Å²) in [5, 5.41) is 0. The summed E-state index contributed by atoms with van der Waals surface area (Å²) >= 11 is 0. The molecule has 1 amide bonds. The Balaban J connectivity index is 1.39. The van der Waals surface area contributed by atoms with Gasteiger partial charge in [0.15, 0.2) is 0 Å². The molecule has 0 aromatic heterocycles. The van der Waals surface area contributed by atoms with E-state index in [1.807, 2.05) is 30.3 Å². The Labute approximate surface area is 142 Å². The number of amides is 1. The second kappa shape index (κ2) is 7.09. The van der Waals surface area contributed by atoms with E-state index in [-0.39, 0.29) is 18.0 Å². The summed E-state index contributed by atoms with van der Waals surface area (Å²) in [6, 6.07) is 10.6. The molecule has 6 heteroatoms. The molecule has 4 unspecified atom stereocenters. The van der Waals surface area contributed by atoms with Crippen LogP contribution in [-0.2, 0) is 4.79 Å². The van der Waals surface area contributed by atoms with Crippen molar-refractivity contribution >= 4 is 5.91 Å². The van der Waals surface area contributed by atoms with E-state index in [1.54, 1.807) is 0 Å². The van der Waals surface area contributed by atoms with Crippen LogP contribution in [0.3, 0.4) is 0 Å². The predicted octanol–water partition coefficient (Wildman–Crippen LogP) is 1.21. The molecule has 6 nitrogen and oxygen atoms in total. The minimum atomic E-state index is 0.0589. The van der Waals surface area contributed by atoms with Crippen LogP contribution in [0.4, 0.5) is 0 Å². The number of hydrogen-bond donors (Lipinski definition) is 3. The van der Waals surface area contributed by atoms with Crippen LogP contribution < -0.4 is 21.1 Å². The highest BCUT2D eigenvalue weighted by molar-refractivity contribution is 5.80. The van der Waals surface area contributed by atoms with Gasteiger partial charge in [0.05, 0.1) is 18.0 Å². The van der Waals surface area contributed by atoms with E-state index >= 15 is 0 Å². The van der Waals surface area contributed by atoms with Gasteiger partial charge in [-0.25, -0.2) is 10.9 Å². The SMILES string of the molecule is O=C(C1CCCC2NNNC21)N1CCCC1COc1ccccc1. The lowest BCUT2D eigenvalue weighted by Crippen LogP contribution is -2.52. The van der Waals surface area contributed by atoms with E-state index in [2.05, 4.69) is 21.3 Å². The van der Waals surface area contributed by atoms with Gasteiger partial charge >= 0.3 is 0 Å². The minimum absolute atomic E-state index is 0.0589. The summed E-state index contributed by atoms with van der Waals surface area (Å²) < 4.78 is 5.91. The van der Waals surface area contributed by atoms with Crippen molar-refractivity contribution in [2.75, 3.05) is 13.2 Å². The van der Waals surface area contributed by atoms with E-state index < -0.39 is 0 Å². The molecule has 24 heavy (non-hydrogen) atoms. The molecule has 2 aliphatic heterocycles. The van der Waals surface area contributed by atoms with E-state index in [0.717, 1.165) is 44.4 Å². The third-order valence-corrected chi connectivity index (χ3v) is 5.56. The van der Waals surface area contributed by atoms with Crippen LogP contribution in [0.1, 0.15) is 32.1 Å². The molecule has 0 spiro atoms. The van der Waals surface area contributed by atoms with Crippen molar-refractivity contribution in [1.82, 2.24) is 21.3 Å². The number of benzene rings is 1. The standard InChI is InChI=1S/C18H26N4O2/c23-18(15-9-4-10-16-17(15)20-21-19-16)22-11-5-6-13(22)12-24-14-7-2-1-3-8-14/h1-3,7-8,13,15-17,19-21H,4-6,9-12H2. The fraction of sp³-hybridized carbons (Fsp3) is 0.611. The number of para-hydroxylation sites is 1. The molecule has 1 aromatic rings. The Kier molecular flexibility index (Phi) is 4.69. The number of nitrogens with one attached hydrogen (secondary N) is 3. The zero-order valence-corrected chi connectivity index (χ0v) is 13.9. The number of hydrogen-bond acceptors (Lipinski definition) is 5. The molecule has 0 radical (unpaired) electrons. The zero-order valence-electron chi connectivity index (χ0n) is 13.9. The van der Waals surface area contributed by atoms with Gasteiger partial charge in [0, 0.05) is 12.6 Å². The third kappa shape index (κ3) is 3.14. The zero-order chi connectivity index (χ0) is 16.4. The first kappa shape index (κ1) is 15.9. The second-order valence-corrected chi connectivity index (χ2v) is 7.04. The maximum Gasteiger partial charge on any atom is 0.227 e. The van der Waals surface area contributed by atoms with E-state index in [1.165, 1.54) is 0 Å². The number of ether oxygens (including phenoxy) is 1. The summed E-state index contributed by atoms with van der Waals surface area (Å²) in [6.45, 7) is 1.44. The Morgan fingerprint density at radius 3 is 2.88 bits per heavy atom. The fourth-order valence-corrected chi connectivity index (χ4v) is 4.28. The summed E-state index contributed by atoms with van der Waals surface area (Å²) in [5.74, 6) is 1.23. The molecule has 4 rings (SSSR count). The van der Waals surface area contributed by atoms with E-state index in [0.29, 0.717) is 18.6 Å². The van der Waals surface area contributed by atoms with E-state index in [9.17, 15) is 4.79 Å². The van der Waals surface area contributed by atoms with Crippen LogP contribution in [0.25, 0.3) is 0 Å². The lowest BCUT2D eigenvalue weighted by molar-refractivity contribution is -0.138. The highest BCUT2D eigenvalue weighted by atomic mass is 16.5. The number of carbonyl (C=O) groups is 1. The van der Waals surface area contributed by atoms with Gasteiger partial charge in [-0.15, -0.1) is 0 Å². The first-order chi connectivity index (χ1) is 11.8. The van der Waals surface area contributed by atoms with Crippen molar-refractivity contribution in [2.24, 2.45) is 5.92 Å². The molecule has 2 saturated heterocycles. The molecule has 4 atom stereocenters. The van der Waals surface area contributed by atoms with Crippen molar-refractivity contribution < 1.29 is 9.53 Å². The van der Waals surface area contributed by atoms with Crippen LogP contribution in [0.2, 0.25) is 0 Å². The van der Waals surface area contributed by atoms with Gasteiger partial charge in [-0.2, -0.15) is 5.53 Å². The maximum absolute atomic E-state index is 13.1. The van der Waals surface area contributed by atoms with E-state index in [4.69, 9.17) is 4.74 Å². The van der Waals surface area contributed by atoms with Gasteiger partial charge in [0.25, 0.3) is 0 Å². The lowest BCUT2D eigenvalue weighted by Gasteiger charge is -2.35. The average molecular weight is 330 g/mol. The number of fused-ring (bicyclic) bond motifs is 1. The highest BCUT2D eigenvalue weighted by Gasteiger charge is 2.43. The van der Waals surface area contributed by atoms with Crippen molar-refractivity contribution in [1.29, 1.82) is 0 Å². The van der Waals surface area contributed by atoms with Crippen molar-refractivity contribution in [3.63, 3.8) is 0 Å². The van der Waals surface area contributed by atoms with Gasteiger partial charge < -0.3 is 9.64 Å². The second-order valence-electron chi connectivity index (χ2n) is 7.04. The van der Waals surface area contributed by atoms with Crippen molar-refractivity contribution in [3.05, 3.63) is 30.3 Å². The monoisotopic (exact) mass is 330 g/mol. The molecule has 1 aromatic carbocycles. The Morgan fingerprint density at radius 2 is 2.00 bits per heavy atom. The first-order valence-electron chi connectivity index (χ1n) is 9.07. The van der Waals surface area contributed by atoms with Crippen LogP contribution in [0, 0.1) is 5.92 Å². The average Bonchev–Trinajstić information content (AvgIpc) is 3.29. The fourth-order valence-electron chi connectivity index (χ4n) is 4.28. The summed E-state index contributed by atoms with van der Waals surface area (Å²) in [7, 11) is 0. The Morgan fingerprint density at radius 1 is 1.12 bits per heavy atom. The Bertz CT molecular complexity index is 567. The number of rotatable bonds is 4. The summed E-state index contributed by atoms with van der Waals surface area (Å²) in [4.78, 5) is 15.2. The highest BCUT2D eigenvalue weighted by Crippen LogP contribution is 2.30. The molecule has 3 fully saturated rings. The normalized spacial score (nSPS) is 32.6. The van der Waals surface area contributed by atoms with Crippen LogP contribution in [-0.4, -0.2) is 42.1 Å². The molecule has 3 aliphatic rings. The number of nitrogens with zero attached hydrogens (tertiary/aromatic N) is 1. The number of carbonyl (C=O) groups excluding carboxylic acids is 1. The molecular formula is C18H26N4O2. The molecule has 1 saturated carbocycles. The maximum atomic E-state index is 13.1. The molecule has 0 bridgehead atoms. The predicted molar refractivity (Wildman–Crippen MR) is 91.0 cm³/mol. The molecule has 3 N–H and O–H groups in total. The third-order valence-electron chi connectivity index (χ3n) is 5.56. The first-order valence-corrected chi connectivity index (χ1v) is 9.07. The van der Waals surface area contributed by atoms with Crippen molar-refractivity contribution in [3.8, 4) is 5.75 Å². The smallest absolute Gasteiger partial charge is 0.227 e. The lowest BCUT2D eigenvalue weighted by atomic mass is 9.81. The Hall–Kier alpha value is -1.63. The van der Waals surface area contributed by atoms with Crippen LogP contribution in [0.5, 0.6) is 5.75 Å². The molecule has 1 aliphatic carbocycles. The van der Waals surface area contributed by atoms with Gasteiger partial charge in [-0.05, 0) is 37.8 Å². The topological polar surface area (TPSA) is 65.6 Å². The minimum Gasteiger partial charge on any atom is -0.491 e. The summed E-state index contributed by atoms with van der Waals surface area (Å²) in [5.41, 5.74) is 9.48. The molecule has 2 heterocycles. The van der Waals surface area contributed by atoms with Gasteiger partial charge in [0.1, 0.15) is 12.4 Å². The van der Waals surface area contributed by atoms with Gasteiger partial charge in [0.2, 0.25) is 5.91 Å².